The Morgan fingerprint density at radius 1 is 0.833 bits per heavy atom. The maximum absolute atomic E-state index is 14.3. The fourth-order valence-electron chi connectivity index (χ4n) is 1.95. The molecule has 0 aromatic carbocycles. The number of halogens is 2. The van der Waals surface area contributed by atoms with Gasteiger partial charge in [0.05, 0.1) is 25.9 Å². The minimum Gasteiger partial charge on any atom is -0.201 e. The highest BCUT2D eigenvalue weighted by molar-refractivity contribution is 7.27. The molecule has 0 aliphatic heterocycles. The van der Waals surface area contributed by atoms with E-state index in [4.69, 9.17) is 0 Å². The molecule has 2 rings (SSSR count). The van der Waals surface area contributed by atoms with Crippen LogP contribution < -0.4 is 9.00 Å². The van der Waals surface area contributed by atoms with Gasteiger partial charge in [0.2, 0.25) is 5.83 Å². The van der Waals surface area contributed by atoms with Crippen LogP contribution in [0.1, 0.15) is 9.75 Å². The first-order chi connectivity index (χ1) is 11.0. The molecule has 0 spiro atoms. The Labute approximate surface area is 153 Å². The maximum atomic E-state index is 14.3. The smallest absolute Gasteiger partial charge is 0.201 e. The summed E-state index contributed by atoms with van der Waals surface area (Å²) in [4.78, 5) is 1.11. The summed E-state index contributed by atoms with van der Waals surface area (Å²) in [7, 11) is -2.89. The van der Waals surface area contributed by atoms with Crippen molar-refractivity contribution in [3.05, 3.63) is 39.8 Å². The summed E-state index contributed by atoms with van der Waals surface area (Å²) in [5.41, 5.74) is 0. The van der Waals surface area contributed by atoms with E-state index < -0.39 is 27.8 Å². The summed E-state index contributed by atoms with van der Waals surface area (Å²) < 4.78 is 30.8. The lowest BCUT2D eigenvalue weighted by atomic mass is 10.3. The van der Waals surface area contributed by atoms with Gasteiger partial charge in [0.15, 0.2) is 5.83 Å². The van der Waals surface area contributed by atoms with E-state index in [0.29, 0.717) is 4.88 Å². The molecule has 0 unspecified atom stereocenters. The van der Waals surface area contributed by atoms with Crippen LogP contribution in [-0.2, 0) is 0 Å². The van der Waals surface area contributed by atoms with Crippen molar-refractivity contribution in [3.63, 3.8) is 0 Å². The highest BCUT2D eigenvalue weighted by Crippen LogP contribution is 2.26. The molecule has 6 heteroatoms. The Kier molecular flexibility index (Phi) is 5.70. The zero-order chi connectivity index (χ0) is 18.1. The van der Waals surface area contributed by atoms with E-state index in [-0.39, 0.29) is 0 Å². The van der Waals surface area contributed by atoms with Crippen molar-refractivity contribution in [2.45, 2.75) is 39.3 Å². The van der Waals surface area contributed by atoms with Gasteiger partial charge in [-0.1, -0.05) is 51.4 Å². The molecule has 0 aliphatic rings. The zero-order valence-electron chi connectivity index (χ0n) is 14.9. The van der Waals surface area contributed by atoms with Crippen LogP contribution in [0.3, 0.4) is 0 Å². The van der Waals surface area contributed by atoms with Crippen molar-refractivity contribution in [2.24, 2.45) is 0 Å². The Balaban J connectivity index is 2.25. The standard InChI is InChI=1S/C18H22F2S2Si2/c1-23(2,3)16-11-8-13(21-16)7-9-14(19)18(20)15-10-12-17(22-15)24(4,5)6/h8,10-12H,1-6H3/b18-14-. The van der Waals surface area contributed by atoms with Gasteiger partial charge in [0.25, 0.3) is 0 Å². The SMILES string of the molecule is C[Si](C)(C)c1ccc(C#C/C(F)=C(/F)c2ccc([Si](C)(C)C)s2)s1. The number of allylic oxidation sites excluding steroid dienone is 1. The third-order valence-corrected chi connectivity index (χ3v) is 12.7. The second-order valence-corrected chi connectivity index (χ2v) is 20.7. The summed E-state index contributed by atoms with van der Waals surface area (Å²) in [6, 6.07) is 7.51. The first-order valence-electron chi connectivity index (χ1n) is 7.77. The van der Waals surface area contributed by atoms with Gasteiger partial charge < -0.3 is 0 Å². The molecule has 2 aromatic rings. The summed E-state index contributed by atoms with van der Waals surface area (Å²) in [5.74, 6) is 3.27. The first kappa shape index (κ1) is 19.3. The minimum atomic E-state index is -1.50. The summed E-state index contributed by atoms with van der Waals surface area (Å²) in [6.45, 7) is 13.3. The second kappa shape index (κ2) is 7.08. The van der Waals surface area contributed by atoms with Gasteiger partial charge in [0.1, 0.15) is 0 Å². The normalized spacial score (nSPS) is 13.3. The second-order valence-electron chi connectivity index (χ2n) is 7.71. The number of rotatable bonds is 3. The van der Waals surface area contributed by atoms with Gasteiger partial charge in [-0.2, -0.15) is 4.39 Å². The van der Waals surface area contributed by atoms with E-state index in [1.165, 1.54) is 15.8 Å². The summed E-state index contributed by atoms with van der Waals surface area (Å²) in [6.07, 6.45) is 0. The van der Waals surface area contributed by atoms with E-state index in [9.17, 15) is 8.78 Å². The predicted octanol–water partition coefficient (Wildman–Crippen LogP) is 5.56. The van der Waals surface area contributed by atoms with E-state index in [1.54, 1.807) is 17.4 Å². The lowest BCUT2D eigenvalue weighted by Crippen LogP contribution is -2.34. The third-order valence-electron chi connectivity index (χ3n) is 3.39. The molecule has 0 aliphatic carbocycles. The van der Waals surface area contributed by atoms with E-state index in [0.717, 1.165) is 9.38 Å². The fourth-order valence-corrected chi connectivity index (χ4v) is 7.52. The molecule has 128 valence electrons. The molecule has 0 radical (unpaired) electrons. The number of hydrogen-bond acceptors (Lipinski definition) is 2. The Bertz CT molecular complexity index is 822. The van der Waals surface area contributed by atoms with Gasteiger partial charge in [-0.25, -0.2) is 4.39 Å². The zero-order valence-corrected chi connectivity index (χ0v) is 18.5. The molecule has 0 N–H and O–H groups in total. The molecule has 24 heavy (non-hydrogen) atoms. The molecule has 0 fully saturated rings. The van der Waals surface area contributed by atoms with Crippen molar-refractivity contribution in [1.82, 2.24) is 0 Å². The molecule has 0 saturated heterocycles. The lowest BCUT2D eigenvalue weighted by molar-refractivity contribution is 0.637. The Morgan fingerprint density at radius 3 is 1.88 bits per heavy atom. The van der Waals surface area contributed by atoms with Crippen LogP contribution in [0.4, 0.5) is 8.78 Å². The number of hydrogen-bond donors (Lipinski definition) is 0. The molecule has 0 bridgehead atoms. The first-order valence-corrected chi connectivity index (χ1v) is 16.4. The van der Waals surface area contributed by atoms with Crippen molar-refractivity contribution < 1.29 is 8.78 Å². The number of thiophene rings is 2. The summed E-state index contributed by atoms with van der Waals surface area (Å²) >= 11 is 2.92. The largest absolute Gasteiger partial charge is 0.210 e. The highest BCUT2D eigenvalue weighted by atomic mass is 32.1. The predicted molar refractivity (Wildman–Crippen MR) is 111 cm³/mol. The minimum absolute atomic E-state index is 0.327. The Hall–Kier alpha value is -1.01. The molecule has 0 nitrogen and oxygen atoms in total. The van der Waals surface area contributed by atoms with E-state index in [1.807, 2.05) is 12.1 Å². The lowest BCUT2D eigenvalue weighted by Gasteiger charge is -2.12. The highest BCUT2D eigenvalue weighted by Gasteiger charge is 2.21. The fraction of sp³-hybridized carbons (Fsp3) is 0.333. The Morgan fingerprint density at radius 2 is 1.38 bits per heavy atom. The van der Waals surface area contributed by atoms with Gasteiger partial charge in [-0.05, 0) is 33.0 Å². The van der Waals surface area contributed by atoms with Gasteiger partial charge in [-0.15, -0.1) is 22.7 Å². The van der Waals surface area contributed by atoms with Crippen LogP contribution in [0.15, 0.2) is 30.1 Å². The molecule has 0 amide bonds. The topological polar surface area (TPSA) is 0 Å². The average Bonchev–Trinajstić information content (AvgIpc) is 3.11. The van der Waals surface area contributed by atoms with Crippen LogP contribution in [0, 0.1) is 11.8 Å². The molecule has 0 atom stereocenters. The van der Waals surface area contributed by atoms with Gasteiger partial charge in [0, 0.05) is 0 Å². The van der Waals surface area contributed by atoms with Crippen LogP contribution in [0.5, 0.6) is 0 Å². The van der Waals surface area contributed by atoms with Crippen LogP contribution in [-0.4, -0.2) is 16.1 Å². The quantitative estimate of drug-likeness (QED) is 0.471. The van der Waals surface area contributed by atoms with Crippen molar-refractivity contribution in [2.75, 3.05) is 0 Å². The van der Waals surface area contributed by atoms with Crippen LogP contribution >= 0.6 is 22.7 Å². The summed E-state index contributed by atoms with van der Waals surface area (Å²) in [5, 5.41) is 0. The van der Waals surface area contributed by atoms with Crippen LogP contribution in [0.25, 0.3) is 5.83 Å². The van der Waals surface area contributed by atoms with Crippen molar-refractivity contribution >= 4 is 53.6 Å². The van der Waals surface area contributed by atoms with E-state index >= 15 is 0 Å². The van der Waals surface area contributed by atoms with Gasteiger partial charge >= 0.3 is 0 Å². The average molecular weight is 397 g/mol. The van der Waals surface area contributed by atoms with Gasteiger partial charge in [-0.3, -0.25) is 0 Å². The van der Waals surface area contributed by atoms with Crippen molar-refractivity contribution in [1.29, 1.82) is 0 Å². The third kappa shape index (κ3) is 4.76. The molecular weight excluding hydrogens is 374 g/mol. The van der Waals surface area contributed by atoms with Crippen LogP contribution in [0.2, 0.25) is 39.3 Å². The maximum Gasteiger partial charge on any atom is 0.210 e. The van der Waals surface area contributed by atoms with Crippen molar-refractivity contribution in [3.8, 4) is 11.8 Å². The molecule has 2 aromatic heterocycles. The molecule has 2 heterocycles. The molecule has 0 saturated carbocycles. The monoisotopic (exact) mass is 396 g/mol. The van der Waals surface area contributed by atoms with E-state index in [2.05, 4.69) is 57.2 Å². The molecular formula is C18H22F2S2Si2.